The molecule has 0 bridgehead atoms. The average Bonchev–Trinajstić information content (AvgIpc) is 3.39. The van der Waals surface area contributed by atoms with Crippen LogP contribution in [0.3, 0.4) is 0 Å². The zero-order valence-electron chi connectivity index (χ0n) is 17.6. The van der Waals surface area contributed by atoms with Crippen molar-refractivity contribution in [1.29, 1.82) is 0 Å². The summed E-state index contributed by atoms with van der Waals surface area (Å²) in [5.41, 5.74) is 2.53. The normalized spacial score (nSPS) is 15.7. The number of hydrogen-bond acceptors (Lipinski definition) is 3. The van der Waals surface area contributed by atoms with E-state index in [9.17, 15) is 0 Å². The lowest BCUT2D eigenvalue weighted by Crippen LogP contribution is -2.43. The molecular weight excluding hydrogens is 477 g/mol. The Morgan fingerprint density at radius 3 is 2.66 bits per heavy atom. The van der Waals surface area contributed by atoms with Gasteiger partial charge in [0.05, 0.1) is 11.9 Å². The van der Waals surface area contributed by atoms with Crippen LogP contribution in [-0.2, 0) is 11.3 Å². The second kappa shape index (κ2) is 12.2. The summed E-state index contributed by atoms with van der Waals surface area (Å²) < 4.78 is 7.51. The smallest absolute Gasteiger partial charge is 0.191 e. The van der Waals surface area contributed by atoms with Crippen LogP contribution in [0.25, 0.3) is 5.69 Å². The molecule has 1 aromatic carbocycles. The molecule has 0 unspecified atom stereocenters. The topological polar surface area (TPSA) is 63.5 Å². The van der Waals surface area contributed by atoms with Gasteiger partial charge in [0, 0.05) is 45.1 Å². The van der Waals surface area contributed by atoms with Gasteiger partial charge in [-0.2, -0.15) is 5.10 Å². The first-order valence-electron chi connectivity index (χ1n) is 10.4. The summed E-state index contributed by atoms with van der Waals surface area (Å²) in [6.07, 6.45) is 10.2. The Hall–Kier alpha value is -1.61. The molecule has 0 spiro atoms. The molecule has 1 aliphatic carbocycles. The Morgan fingerprint density at radius 2 is 1.97 bits per heavy atom. The van der Waals surface area contributed by atoms with E-state index in [1.165, 1.54) is 25.7 Å². The molecule has 0 aliphatic heterocycles. The molecule has 0 radical (unpaired) electrons. The van der Waals surface area contributed by atoms with E-state index in [2.05, 4.69) is 33.8 Å². The highest BCUT2D eigenvalue weighted by Gasteiger charge is 2.33. The van der Waals surface area contributed by atoms with Crippen molar-refractivity contribution in [3.8, 4) is 5.69 Å². The minimum Gasteiger partial charge on any atom is -0.382 e. The molecule has 160 valence electrons. The summed E-state index contributed by atoms with van der Waals surface area (Å²) in [5, 5.41) is 11.4. The van der Waals surface area contributed by atoms with Crippen molar-refractivity contribution >= 4 is 29.9 Å². The first kappa shape index (κ1) is 23.7. The van der Waals surface area contributed by atoms with Crippen molar-refractivity contribution in [3.05, 3.63) is 48.3 Å². The van der Waals surface area contributed by atoms with E-state index in [-0.39, 0.29) is 24.0 Å². The van der Waals surface area contributed by atoms with Crippen LogP contribution < -0.4 is 10.6 Å². The number of benzene rings is 1. The minimum atomic E-state index is 0. The molecule has 2 aromatic rings. The fourth-order valence-electron chi connectivity index (χ4n) is 3.92. The predicted molar refractivity (Wildman–Crippen MR) is 129 cm³/mol. The number of nitrogens with one attached hydrogen (secondary N) is 2. The molecule has 1 aromatic heterocycles. The molecule has 2 N–H and O–H groups in total. The van der Waals surface area contributed by atoms with Gasteiger partial charge in [0.1, 0.15) is 0 Å². The number of hydrogen-bond donors (Lipinski definition) is 2. The van der Waals surface area contributed by atoms with E-state index in [1.54, 1.807) is 0 Å². The Balaban J connectivity index is 0.00000300. The zero-order chi connectivity index (χ0) is 19.7. The molecule has 3 rings (SSSR count). The van der Waals surface area contributed by atoms with Gasteiger partial charge in [-0.05, 0) is 43.7 Å². The highest BCUT2D eigenvalue weighted by Crippen LogP contribution is 2.40. The lowest BCUT2D eigenvalue weighted by molar-refractivity contribution is 0.105. The van der Waals surface area contributed by atoms with Crippen molar-refractivity contribution in [2.24, 2.45) is 10.4 Å². The second-order valence-electron chi connectivity index (χ2n) is 7.56. The monoisotopic (exact) mass is 511 g/mol. The Labute approximate surface area is 191 Å². The molecule has 29 heavy (non-hydrogen) atoms. The van der Waals surface area contributed by atoms with Gasteiger partial charge >= 0.3 is 0 Å². The lowest BCUT2D eigenvalue weighted by Gasteiger charge is -2.30. The molecule has 0 atom stereocenters. The van der Waals surface area contributed by atoms with Crippen LogP contribution in [0.15, 0.2) is 47.7 Å². The van der Waals surface area contributed by atoms with Crippen LogP contribution in [0, 0.1) is 5.41 Å². The number of halogens is 1. The molecule has 6 nitrogen and oxygen atoms in total. The summed E-state index contributed by atoms with van der Waals surface area (Å²) >= 11 is 0. The number of guanidine groups is 1. The Kier molecular flexibility index (Phi) is 9.93. The van der Waals surface area contributed by atoms with Crippen LogP contribution in [0.1, 0.15) is 44.6 Å². The Morgan fingerprint density at radius 1 is 1.21 bits per heavy atom. The van der Waals surface area contributed by atoms with E-state index in [0.29, 0.717) is 12.0 Å². The number of para-hydroxylation sites is 1. The molecule has 1 heterocycles. The number of nitrogens with zero attached hydrogens (tertiary/aromatic N) is 3. The van der Waals surface area contributed by atoms with Gasteiger partial charge in [-0.25, -0.2) is 4.68 Å². The van der Waals surface area contributed by atoms with Crippen molar-refractivity contribution < 1.29 is 4.74 Å². The van der Waals surface area contributed by atoms with Gasteiger partial charge in [-0.1, -0.05) is 31.0 Å². The summed E-state index contributed by atoms with van der Waals surface area (Å²) in [7, 11) is 1.82. The number of aliphatic imine (C=N–C) groups is 1. The number of ether oxygens (including phenoxy) is 1. The zero-order valence-corrected chi connectivity index (χ0v) is 19.9. The van der Waals surface area contributed by atoms with Gasteiger partial charge in [-0.15, -0.1) is 24.0 Å². The SMILES string of the molecule is CCOCCC1(CNC(=NC)NCc2cnn(-c3ccccc3)c2)CCCC1.I. The molecule has 1 aliphatic rings. The summed E-state index contributed by atoms with van der Waals surface area (Å²) in [6.45, 7) is 5.35. The third kappa shape index (κ3) is 6.99. The largest absolute Gasteiger partial charge is 0.382 e. The third-order valence-corrected chi connectivity index (χ3v) is 5.62. The molecule has 0 saturated heterocycles. The van der Waals surface area contributed by atoms with Gasteiger partial charge < -0.3 is 15.4 Å². The van der Waals surface area contributed by atoms with E-state index in [0.717, 1.165) is 43.4 Å². The first-order chi connectivity index (χ1) is 13.7. The van der Waals surface area contributed by atoms with Crippen LogP contribution in [0.5, 0.6) is 0 Å². The predicted octanol–water partition coefficient (Wildman–Crippen LogP) is 4.14. The second-order valence-corrected chi connectivity index (χ2v) is 7.56. The van der Waals surface area contributed by atoms with Crippen LogP contribution in [0.2, 0.25) is 0 Å². The fourth-order valence-corrected chi connectivity index (χ4v) is 3.92. The molecule has 1 fully saturated rings. The third-order valence-electron chi connectivity index (χ3n) is 5.62. The van der Waals surface area contributed by atoms with Gasteiger partial charge in [-0.3, -0.25) is 4.99 Å². The molecule has 0 amide bonds. The maximum absolute atomic E-state index is 5.61. The lowest BCUT2D eigenvalue weighted by atomic mass is 9.83. The van der Waals surface area contributed by atoms with Crippen LogP contribution in [0.4, 0.5) is 0 Å². The van der Waals surface area contributed by atoms with Gasteiger partial charge in [0.15, 0.2) is 5.96 Å². The van der Waals surface area contributed by atoms with Crippen LogP contribution >= 0.6 is 24.0 Å². The van der Waals surface area contributed by atoms with Crippen molar-refractivity contribution in [2.75, 3.05) is 26.8 Å². The minimum absolute atomic E-state index is 0. The van der Waals surface area contributed by atoms with Crippen molar-refractivity contribution in [1.82, 2.24) is 20.4 Å². The fraction of sp³-hybridized carbons (Fsp3) is 0.545. The first-order valence-corrected chi connectivity index (χ1v) is 10.4. The van der Waals surface area contributed by atoms with Crippen LogP contribution in [-0.4, -0.2) is 42.5 Å². The summed E-state index contributed by atoms with van der Waals surface area (Å²) in [4.78, 5) is 4.39. The molecule has 7 heteroatoms. The van der Waals surface area contributed by atoms with E-state index >= 15 is 0 Å². The summed E-state index contributed by atoms with van der Waals surface area (Å²) in [5.74, 6) is 0.843. The highest BCUT2D eigenvalue weighted by molar-refractivity contribution is 14.0. The maximum atomic E-state index is 5.61. The summed E-state index contributed by atoms with van der Waals surface area (Å²) in [6, 6.07) is 10.1. The standard InChI is InChI=1S/C22H33N5O.HI/c1-3-28-14-13-22(11-7-8-12-22)18-25-21(23-2)24-15-19-16-26-27(17-19)20-9-5-4-6-10-20;/h4-6,9-10,16-17H,3,7-8,11-15,18H2,1-2H3,(H2,23,24,25);1H. The van der Waals surface area contributed by atoms with Crippen molar-refractivity contribution in [2.45, 2.75) is 45.6 Å². The Bertz CT molecular complexity index is 741. The quantitative estimate of drug-likeness (QED) is 0.230. The molecule has 1 saturated carbocycles. The maximum Gasteiger partial charge on any atom is 0.191 e. The average molecular weight is 511 g/mol. The van der Waals surface area contributed by atoms with Gasteiger partial charge in [0.25, 0.3) is 0 Å². The van der Waals surface area contributed by atoms with E-state index in [4.69, 9.17) is 4.74 Å². The van der Waals surface area contributed by atoms with Crippen molar-refractivity contribution in [3.63, 3.8) is 0 Å². The van der Waals surface area contributed by atoms with E-state index in [1.807, 2.05) is 48.3 Å². The number of aromatic nitrogens is 2. The van der Waals surface area contributed by atoms with E-state index < -0.39 is 0 Å². The highest BCUT2D eigenvalue weighted by atomic mass is 127. The molecular formula is C22H34IN5O. The van der Waals surface area contributed by atoms with Gasteiger partial charge in [0.2, 0.25) is 0 Å². The number of rotatable bonds is 9.